The number of nitrogens with one attached hydrogen (secondary N) is 1. The number of hydrogen-bond donors (Lipinski definition) is 1. The molecule has 0 saturated heterocycles. The zero-order chi connectivity index (χ0) is 19.1. The Bertz CT molecular complexity index is 890. The molecule has 1 aromatic carbocycles. The van der Waals surface area contributed by atoms with Gasteiger partial charge in [0.1, 0.15) is 5.75 Å². The van der Waals surface area contributed by atoms with Crippen LogP contribution in [0.3, 0.4) is 0 Å². The summed E-state index contributed by atoms with van der Waals surface area (Å²) in [6.45, 7) is 4.38. The van der Waals surface area contributed by atoms with Crippen LogP contribution in [0.25, 0.3) is 0 Å². The van der Waals surface area contributed by atoms with Gasteiger partial charge in [-0.1, -0.05) is 30.3 Å². The number of amides is 1. The quantitative estimate of drug-likeness (QED) is 0.687. The zero-order valence-corrected chi connectivity index (χ0v) is 15.6. The van der Waals surface area contributed by atoms with Crippen molar-refractivity contribution < 1.29 is 9.53 Å². The summed E-state index contributed by atoms with van der Waals surface area (Å²) in [4.78, 5) is 20.7. The Kier molecular flexibility index (Phi) is 6.15. The number of rotatable bonds is 7. The number of nitrogens with zero attached hydrogens (tertiary/aromatic N) is 2. The van der Waals surface area contributed by atoms with Gasteiger partial charge in [0.15, 0.2) is 0 Å². The summed E-state index contributed by atoms with van der Waals surface area (Å²) >= 11 is 0. The maximum atomic E-state index is 12.2. The third kappa shape index (κ3) is 5.14. The minimum atomic E-state index is -0.0254. The van der Waals surface area contributed by atoms with Crippen LogP contribution in [-0.2, 0) is 17.8 Å². The third-order valence-corrected chi connectivity index (χ3v) is 4.27. The van der Waals surface area contributed by atoms with Crippen LogP contribution in [0.4, 0.5) is 0 Å². The van der Waals surface area contributed by atoms with Gasteiger partial charge < -0.3 is 10.1 Å². The smallest absolute Gasteiger partial charge is 0.224 e. The molecule has 0 fully saturated rings. The topological polar surface area (TPSA) is 64.1 Å². The van der Waals surface area contributed by atoms with Gasteiger partial charge in [-0.2, -0.15) is 0 Å². The van der Waals surface area contributed by atoms with Crippen LogP contribution >= 0.6 is 0 Å². The number of para-hydroxylation sites is 1. The second-order valence-corrected chi connectivity index (χ2v) is 6.39. The van der Waals surface area contributed by atoms with E-state index in [9.17, 15) is 4.79 Å². The fourth-order valence-corrected chi connectivity index (χ4v) is 2.78. The SMILES string of the molecule is Cc1cccc(C)c1Oc1ncccc1CNC(=O)CCc1ccccn1. The van der Waals surface area contributed by atoms with Gasteiger partial charge in [-0.15, -0.1) is 0 Å². The number of carbonyl (C=O) groups is 1. The maximum Gasteiger partial charge on any atom is 0.224 e. The summed E-state index contributed by atoms with van der Waals surface area (Å²) in [7, 11) is 0. The molecule has 1 amide bonds. The summed E-state index contributed by atoms with van der Waals surface area (Å²) in [5.41, 5.74) is 3.84. The molecule has 27 heavy (non-hydrogen) atoms. The lowest BCUT2D eigenvalue weighted by Gasteiger charge is -2.14. The van der Waals surface area contributed by atoms with Gasteiger partial charge in [0.25, 0.3) is 0 Å². The first kappa shape index (κ1) is 18.6. The highest BCUT2D eigenvalue weighted by molar-refractivity contribution is 5.76. The monoisotopic (exact) mass is 361 g/mol. The lowest BCUT2D eigenvalue weighted by Crippen LogP contribution is -2.23. The molecule has 0 unspecified atom stereocenters. The van der Waals surface area contributed by atoms with Crippen molar-refractivity contribution in [2.75, 3.05) is 0 Å². The van der Waals surface area contributed by atoms with Crippen molar-refractivity contribution in [1.29, 1.82) is 0 Å². The molecule has 2 heterocycles. The lowest BCUT2D eigenvalue weighted by atomic mass is 10.1. The molecule has 0 bridgehead atoms. The Morgan fingerprint density at radius 3 is 2.48 bits per heavy atom. The number of benzene rings is 1. The van der Waals surface area contributed by atoms with Crippen LogP contribution in [-0.4, -0.2) is 15.9 Å². The molecule has 3 aromatic rings. The van der Waals surface area contributed by atoms with Gasteiger partial charge in [-0.05, 0) is 49.6 Å². The molecule has 0 aliphatic rings. The van der Waals surface area contributed by atoms with Gasteiger partial charge >= 0.3 is 0 Å². The van der Waals surface area contributed by atoms with Crippen LogP contribution < -0.4 is 10.1 Å². The molecule has 2 aromatic heterocycles. The highest BCUT2D eigenvalue weighted by atomic mass is 16.5. The van der Waals surface area contributed by atoms with Crippen molar-refractivity contribution in [3.8, 4) is 11.6 Å². The van der Waals surface area contributed by atoms with Gasteiger partial charge in [-0.3, -0.25) is 9.78 Å². The normalized spacial score (nSPS) is 10.4. The van der Waals surface area contributed by atoms with Crippen molar-refractivity contribution in [2.24, 2.45) is 0 Å². The van der Waals surface area contributed by atoms with Crippen LogP contribution in [0.1, 0.15) is 28.8 Å². The van der Waals surface area contributed by atoms with Crippen molar-refractivity contribution in [3.63, 3.8) is 0 Å². The molecule has 0 aliphatic heterocycles. The zero-order valence-electron chi connectivity index (χ0n) is 15.6. The fraction of sp³-hybridized carbons (Fsp3) is 0.227. The molecule has 1 N–H and O–H groups in total. The van der Waals surface area contributed by atoms with E-state index in [2.05, 4.69) is 15.3 Å². The predicted octanol–water partition coefficient (Wildman–Crippen LogP) is 4.13. The summed E-state index contributed by atoms with van der Waals surface area (Å²) in [5.74, 6) is 1.29. The summed E-state index contributed by atoms with van der Waals surface area (Å²) in [5, 5.41) is 2.94. The van der Waals surface area contributed by atoms with Crippen LogP contribution in [0.2, 0.25) is 0 Å². The van der Waals surface area contributed by atoms with Gasteiger partial charge in [0.2, 0.25) is 11.8 Å². The van der Waals surface area contributed by atoms with E-state index in [1.807, 2.05) is 62.4 Å². The lowest BCUT2D eigenvalue weighted by molar-refractivity contribution is -0.121. The van der Waals surface area contributed by atoms with Crippen molar-refractivity contribution >= 4 is 5.91 Å². The molecule has 0 spiro atoms. The second kappa shape index (κ2) is 8.94. The summed E-state index contributed by atoms with van der Waals surface area (Å²) in [6.07, 6.45) is 4.44. The average molecular weight is 361 g/mol. The third-order valence-electron chi connectivity index (χ3n) is 4.27. The highest BCUT2D eigenvalue weighted by Crippen LogP contribution is 2.29. The number of aryl methyl sites for hydroxylation is 3. The minimum absolute atomic E-state index is 0.0254. The molecule has 0 radical (unpaired) electrons. The van der Waals surface area contributed by atoms with E-state index in [0.717, 1.165) is 28.1 Å². The Hall–Kier alpha value is -3.21. The van der Waals surface area contributed by atoms with Gasteiger partial charge in [-0.25, -0.2) is 4.98 Å². The van der Waals surface area contributed by atoms with Crippen molar-refractivity contribution in [2.45, 2.75) is 33.2 Å². The van der Waals surface area contributed by atoms with Crippen LogP contribution in [0.5, 0.6) is 11.6 Å². The van der Waals surface area contributed by atoms with E-state index in [4.69, 9.17) is 4.74 Å². The second-order valence-electron chi connectivity index (χ2n) is 6.39. The molecule has 5 heteroatoms. The first-order valence-corrected chi connectivity index (χ1v) is 8.98. The Labute approximate surface area is 159 Å². The van der Waals surface area contributed by atoms with Crippen LogP contribution in [0, 0.1) is 13.8 Å². The Balaban J connectivity index is 1.61. The first-order valence-electron chi connectivity index (χ1n) is 8.98. The van der Waals surface area contributed by atoms with E-state index in [1.54, 1.807) is 12.4 Å². The molecule has 3 rings (SSSR count). The average Bonchev–Trinajstić information content (AvgIpc) is 2.69. The van der Waals surface area contributed by atoms with Gasteiger partial charge in [0, 0.05) is 36.6 Å². The number of ether oxygens (including phenoxy) is 1. The summed E-state index contributed by atoms with van der Waals surface area (Å²) < 4.78 is 6.06. The summed E-state index contributed by atoms with van der Waals surface area (Å²) in [6, 6.07) is 15.5. The molecule has 5 nitrogen and oxygen atoms in total. The van der Waals surface area contributed by atoms with Gasteiger partial charge in [0.05, 0.1) is 0 Å². The number of pyridine rings is 2. The predicted molar refractivity (Wildman–Crippen MR) is 105 cm³/mol. The fourth-order valence-electron chi connectivity index (χ4n) is 2.78. The highest BCUT2D eigenvalue weighted by Gasteiger charge is 2.11. The van der Waals surface area contributed by atoms with E-state index >= 15 is 0 Å². The molecule has 0 saturated carbocycles. The molecule has 0 aliphatic carbocycles. The minimum Gasteiger partial charge on any atom is -0.438 e. The number of hydrogen-bond acceptors (Lipinski definition) is 4. The largest absolute Gasteiger partial charge is 0.438 e. The van der Waals surface area contributed by atoms with Crippen molar-refractivity contribution in [3.05, 3.63) is 83.3 Å². The van der Waals surface area contributed by atoms with Crippen molar-refractivity contribution in [1.82, 2.24) is 15.3 Å². The van der Waals surface area contributed by atoms with E-state index in [-0.39, 0.29) is 5.91 Å². The van der Waals surface area contributed by atoms with E-state index in [0.29, 0.717) is 25.3 Å². The Morgan fingerprint density at radius 1 is 0.963 bits per heavy atom. The first-order chi connectivity index (χ1) is 13.1. The molecule has 138 valence electrons. The standard InChI is InChI=1S/C22H23N3O2/c1-16-7-5-8-17(2)21(16)27-22-18(9-6-14-24-22)15-25-20(26)12-11-19-10-3-4-13-23-19/h3-10,13-14H,11-12,15H2,1-2H3,(H,25,26). The molecular formula is C22H23N3O2. The van der Waals surface area contributed by atoms with Crippen LogP contribution in [0.15, 0.2) is 60.9 Å². The molecule has 0 atom stereocenters. The number of carbonyl (C=O) groups excluding carboxylic acids is 1. The molecular weight excluding hydrogens is 338 g/mol. The van der Waals surface area contributed by atoms with E-state index < -0.39 is 0 Å². The Morgan fingerprint density at radius 2 is 1.74 bits per heavy atom. The number of aromatic nitrogens is 2. The maximum absolute atomic E-state index is 12.2. The van der Waals surface area contributed by atoms with E-state index in [1.165, 1.54) is 0 Å².